The Balaban J connectivity index is 0.000000172. The van der Waals surface area contributed by atoms with Gasteiger partial charge < -0.3 is 20.6 Å². The van der Waals surface area contributed by atoms with Crippen LogP contribution in [0, 0.1) is 5.41 Å². The molecular weight excluding hydrogens is 963 g/mol. The van der Waals surface area contributed by atoms with E-state index < -0.39 is 5.41 Å². The molecule has 0 unspecified atom stereocenters. The minimum absolute atomic E-state index is 0. The zero-order chi connectivity index (χ0) is 40.7. The van der Waals surface area contributed by atoms with Gasteiger partial charge in [-0.2, -0.15) is 0 Å². The first kappa shape index (κ1) is 44.6. The third-order valence-corrected chi connectivity index (χ3v) is 11.0. The molecule has 12 heteroatoms. The number of carbonyl (C=O) groups excluding carboxylic acids is 1. The lowest BCUT2D eigenvalue weighted by Gasteiger charge is -2.17. The second kappa shape index (κ2) is 20.0. The van der Waals surface area contributed by atoms with Gasteiger partial charge in [-0.25, -0.2) is 9.97 Å². The van der Waals surface area contributed by atoms with Gasteiger partial charge in [0.2, 0.25) is 5.91 Å². The summed E-state index contributed by atoms with van der Waals surface area (Å²) in [6.07, 6.45) is 0. The van der Waals surface area contributed by atoms with E-state index in [4.69, 9.17) is 28.9 Å². The van der Waals surface area contributed by atoms with Crippen molar-refractivity contribution in [2.45, 2.75) is 40.1 Å². The molecule has 8 rings (SSSR count). The van der Waals surface area contributed by atoms with E-state index in [-0.39, 0.29) is 13.3 Å². The summed E-state index contributed by atoms with van der Waals surface area (Å²) in [5, 5.41) is 7.30. The number of benzene rings is 4. The number of nitrogens with one attached hydrogen (secondary N) is 2. The van der Waals surface area contributed by atoms with E-state index in [0.29, 0.717) is 23.5 Å². The summed E-state index contributed by atoms with van der Waals surface area (Å²) < 4.78 is 4.33. The third kappa shape index (κ3) is 11.4. The summed E-state index contributed by atoms with van der Waals surface area (Å²) in [6, 6.07) is 43.7. The maximum absolute atomic E-state index is 11.7. The Hall–Kier alpha value is -4.45. The zero-order valence-electron chi connectivity index (χ0n) is 31.3. The number of aromatic nitrogens is 4. The molecule has 0 spiro atoms. The Morgan fingerprint density at radius 1 is 0.741 bits per heavy atom. The second-order valence-corrected chi connectivity index (χ2v) is 17.3. The average molecular weight is 1010 g/mol. The quantitative estimate of drug-likeness (QED) is 0.144. The van der Waals surface area contributed by atoms with Crippen molar-refractivity contribution in [1.29, 1.82) is 0 Å². The third-order valence-electron chi connectivity index (χ3n) is 8.78. The van der Waals surface area contributed by atoms with E-state index in [9.17, 15) is 4.79 Å². The molecule has 4 heterocycles. The number of H-pyrrole nitrogens is 1. The van der Waals surface area contributed by atoms with Crippen LogP contribution in [0.1, 0.15) is 39.6 Å². The van der Waals surface area contributed by atoms with Crippen LogP contribution in [0.3, 0.4) is 0 Å². The molecule has 0 saturated carbocycles. The van der Waals surface area contributed by atoms with Crippen molar-refractivity contribution in [1.82, 2.24) is 19.5 Å². The fraction of sp³-hybridized carbons (Fsp3) is 0.152. The predicted molar refractivity (Wildman–Crippen MR) is 256 cm³/mol. The largest absolute Gasteiger partial charge is 0.384 e. The van der Waals surface area contributed by atoms with Gasteiger partial charge >= 0.3 is 0 Å². The van der Waals surface area contributed by atoms with Gasteiger partial charge in [-0.1, -0.05) is 160 Å². The molecule has 4 aromatic carbocycles. The SMILES string of the molecule is C.CC(C)(C)C(=O)Nc1cccc(CBr)n1.Clc1ccccc1-c1cc2ccc(Br)cc2[nH]1.Nc1cccc(Cn2c(-c3ccccc3Cl)cc3ccc(Br)cc32)n1. The van der Waals surface area contributed by atoms with Crippen molar-refractivity contribution >= 4 is 110 Å². The number of hydrogen-bond acceptors (Lipinski definition) is 4. The van der Waals surface area contributed by atoms with E-state index in [2.05, 4.69) is 109 Å². The lowest BCUT2D eigenvalue weighted by Crippen LogP contribution is -2.28. The Bertz CT molecular complexity index is 2670. The summed E-state index contributed by atoms with van der Waals surface area (Å²) in [7, 11) is 0. The molecule has 0 radical (unpaired) electrons. The summed E-state index contributed by atoms with van der Waals surface area (Å²) >= 11 is 23.0. The number of anilines is 2. The van der Waals surface area contributed by atoms with Crippen molar-refractivity contribution in [2.75, 3.05) is 11.1 Å². The van der Waals surface area contributed by atoms with Gasteiger partial charge in [0.25, 0.3) is 0 Å². The van der Waals surface area contributed by atoms with E-state index >= 15 is 0 Å². The topological polar surface area (TPSA) is 102 Å². The Morgan fingerprint density at radius 2 is 1.36 bits per heavy atom. The van der Waals surface area contributed by atoms with Gasteiger partial charge in [-0.05, 0) is 72.8 Å². The van der Waals surface area contributed by atoms with Gasteiger partial charge in [-0.3, -0.25) is 4.79 Å². The van der Waals surface area contributed by atoms with Crippen LogP contribution in [0.2, 0.25) is 10.0 Å². The standard InChI is InChI=1S/C20H15BrClN3.C14H9BrClN.C11H15BrN2O.CH4/c21-14-9-8-13-10-19(16-5-1-2-6-17(16)22)25(18(13)11-14)12-15-4-3-7-20(23)24-15;15-10-6-5-9-7-14(17-13(9)8-10)11-3-1-2-4-12(11)16;1-11(2,3)10(15)14-9-6-4-5-8(7-12)13-9;/h1-11H,12H2,(H2,23,24);1-8,17H;4-6H,7H2,1-3H3,(H,13,14,15);1H4. The molecule has 7 nitrogen and oxygen atoms in total. The molecule has 4 N–H and O–H groups in total. The van der Waals surface area contributed by atoms with Gasteiger partial charge in [0.05, 0.1) is 23.6 Å². The van der Waals surface area contributed by atoms with Crippen molar-refractivity contribution in [3.63, 3.8) is 0 Å². The molecule has 4 aromatic heterocycles. The molecule has 0 aliphatic carbocycles. The fourth-order valence-electron chi connectivity index (χ4n) is 5.89. The van der Waals surface area contributed by atoms with Crippen molar-refractivity contribution in [3.05, 3.63) is 164 Å². The number of aromatic amines is 1. The predicted octanol–water partition coefficient (Wildman–Crippen LogP) is 14.6. The maximum Gasteiger partial charge on any atom is 0.230 e. The van der Waals surface area contributed by atoms with Crippen molar-refractivity contribution < 1.29 is 4.79 Å². The van der Waals surface area contributed by atoms with E-state index in [1.54, 1.807) is 12.1 Å². The first-order chi connectivity index (χ1) is 27.3. The highest BCUT2D eigenvalue weighted by Gasteiger charge is 2.21. The number of fused-ring (bicyclic) bond motifs is 2. The number of rotatable bonds is 6. The van der Waals surface area contributed by atoms with Crippen LogP contribution in [0.5, 0.6) is 0 Å². The molecule has 8 aromatic rings. The number of nitrogen functional groups attached to an aromatic ring is 1. The second-order valence-electron chi connectivity index (χ2n) is 14.1. The molecule has 0 saturated heterocycles. The Labute approximate surface area is 374 Å². The Morgan fingerprint density at radius 3 is 2.02 bits per heavy atom. The summed E-state index contributed by atoms with van der Waals surface area (Å²) in [4.78, 5) is 23.8. The van der Waals surface area contributed by atoms with E-state index in [1.807, 2.05) is 106 Å². The maximum atomic E-state index is 11.7. The van der Waals surface area contributed by atoms with Crippen LogP contribution >= 0.6 is 71.0 Å². The molecule has 0 fully saturated rings. The number of nitrogens with two attached hydrogens (primary N) is 1. The number of carbonyl (C=O) groups is 1. The minimum Gasteiger partial charge on any atom is -0.384 e. The first-order valence-electron chi connectivity index (χ1n) is 17.9. The number of alkyl halides is 1. The Kier molecular flexibility index (Phi) is 15.4. The number of hydrogen-bond donors (Lipinski definition) is 3. The molecule has 1 amide bonds. The molecule has 0 bridgehead atoms. The van der Waals surface area contributed by atoms with Crippen LogP contribution in [-0.4, -0.2) is 25.4 Å². The smallest absolute Gasteiger partial charge is 0.230 e. The normalized spacial score (nSPS) is 10.9. The number of amides is 1. The molecule has 0 atom stereocenters. The van der Waals surface area contributed by atoms with Gasteiger partial charge in [-0.15, -0.1) is 0 Å². The molecule has 0 aliphatic heterocycles. The van der Waals surface area contributed by atoms with Crippen LogP contribution in [0.25, 0.3) is 44.3 Å². The molecular formula is C46H43Br3Cl2N6O. The van der Waals surface area contributed by atoms with Crippen LogP contribution in [0.4, 0.5) is 11.6 Å². The fourth-order valence-corrected chi connectivity index (χ4v) is 7.38. The lowest BCUT2D eigenvalue weighted by atomic mass is 9.96. The van der Waals surface area contributed by atoms with E-state index in [0.717, 1.165) is 69.3 Å². The first-order valence-corrected chi connectivity index (χ1v) is 21.4. The number of pyridine rings is 2. The average Bonchev–Trinajstić information content (AvgIpc) is 3.76. The van der Waals surface area contributed by atoms with Crippen LogP contribution < -0.4 is 11.1 Å². The number of halogens is 5. The number of nitrogens with zero attached hydrogens (tertiary/aromatic N) is 3. The van der Waals surface area contributed by atoms with Crippen molar-refractivity contribution in [3.8, 4) is 22.5 Å². The highest BCUT2D eigenvalue weighted by Crippen LogP contribution is 2.35. The summed E-state index contributed by atoms with van der Waals surface area (Å²) in [5.74, 6) is 1.10. The summed E-state index contributed by atoms with van der Waals surface area (Å²) in [6.45, 7) is 6.23. The minimum atomic E-state index is -0.397. The highest BCUT2D eigenvalue weighted by molar-refractivity contribution is 9.10. The molecule has 298 valence electrons. The lowest BCUT2D eigenvalue weighted by molar-refractivity contribution is -0.123. The molecule has 58 heavy (non-hydrogen) atoms. The van der Waals surface area contributed by atoms with E-state index in [1.165, 1.54) is 5.39 Å². The van der Waals surface area contributed by atoms with Crippen LogP contribution in [0.15, 0.2) is 142 Å². The summed E-state index contributed by atoms with van der Waals surface area (Å²) in [5.41, 5.74) is 13.6. The highest BCUT2D eigenvalue weighted by atomic mass is 79.9. The van der Waals surface area contributed by atoms with Gasteiger partial charge in [0.15, 0.2) is 0 Å². The van der Waals surface area contributed by atoms with Gasteiger partial charge in [0.1, 0.15) is 11.6 Å². The van der Waals surface area contributed by atoms with Gasteiger partial charge in [0, 0.05) is 68.4 Å². The monoisotopic (exact) mass is 1000 g/mol. The van der Waals surface area contributed by atoms with Crippen molar-refractivity contribution in [2.24, 2.45) is 5.41 Å². The van der Waals surface area contributed by atoms with Crippen LogP contribution in [-0.2, 0) is 16.7 Å². The molecule has 0 aliphatic rings. The zero-order valence-corrected chi connectivity index (χ0v) is 37.6.